The summed E-state index contributed by atoms with van der Waals surface area (Å²) in [7, 11) is 0. The summed E-state index contributed by atoms with van der Waals surface area (Å²) in [6.07, 6.45) is 0.886. The van der Waals surface area contributed by atoms with Gasteiger partial charge in [0.15, 0.2) is 0 Å². The summed E-state index contributed by atoms with van der Waals surface area (Å²) in [6.45, 7) is 2.12. The maximum atomic E-state index is 9.34. The van der Waals surface area contributed by atoms with E-state index in [0.29, 0.717) is 26.1 Å². The van der Waals surface area contributed by atoms with E-state index in [-0.39, 0.29) is 6.61 Å². The van der Waals surface area contributed by atoms with Gasteiger partial charge in [-0.15, -0.1) is 0 Å². The van der Waals surface area contributed by atoms with Crippen LogP contribution < -0.4 is 0 Å². The van der Waals surface area contributed by atoms with Gasteiger partial charge < -0.3 is 14.6 Å². The van der Waals surface area contributed by atoms with Gasteiger partial charge >= 0.3 is 0 Å². The van der Waals surface area contributed by atoms with Gasteiger partial charge in [-0.1, -0.05) is 60.7 Å². The van der Waals surface area contributed by atoms with Gasteiger partial charge in [-0.05, 0) is 30.9 Å². The smallest absolute Gasteiger partial charge is 0.0724 e. The Kier molecular flexibility index (Phi) is 6.66. The molecule has 0 bridgehead atoms. The van der Waals surface area contributed by atoms with E-state index in [4.69, 9.17) is 10.8 Å². The molecule has 0 amide bonds. The van der Waals surface area contributed by atoms with Gasteiger partial charge in [0.25, 0.3) is 0 Å². The zero-order valence-electron chi connectivity index (χ0n) is 14.7. The molecule has 0 aliphatic rings. The van der Waals surface area contributed by atoms with Crippen molar-refractivity contribution in [3.8, 4) is 0 Å². The molecule has 2 aromatic rings. The zero-order chi connectivity index (χ0) is 17.3. The lowest BCUT2D eigenvalue weighted by Gasteiger charge is -2.29. The van der Waals surface area contributed by atoms with Crippen LogP contribution in [0.4, 0.5) is 0 Å². The standard InChI is InChI=1S/C20H26O3/c1-20(12-14-21,23-17-19-10-6-3-7-11-19)13-15-22-16-18-8-4-2-5-9-18/h2-11,21H,12-17H2,1H3/t20-/m0/s1/i15D/t15?,20-. The van der Waals surface area contributed by atoms with Crippen molar-refractivity contribution >= 4 is 0 Å². The molecule has 0 fully saturated rings. The molecular formula is C20H26O3. The molecule has 0 saturated carbocycles. The third kappa shape index (κ3) is 6.53. The molecule has 0 heterocycles. The highest BCUT2D eigenvalue weighted by Gasteiger charge is 2.24. The highest BCUT2D eigenvalue weighted by Crippen LogP contribution is 2.22. The Bertz CT molecular complexity index is 576. The second-order valence-electron chi connectivity index (χ2n) is 5.87. The number of aliphatic hydroxyl groups excluding tert-OH is 1. The van der Waals surface area contributed by atoms with Gasteiger partial charge in [-0.2, -0.15) is 0 Å². The van der Waals surface area contributed by atoms with Crippen molar-refractivity contribution in [3.05, 3.63) is 71.8 Å². The zero-order valence-corrected chi connectivity index (χ0v) is 13.7. The quantitative estimate of drug-likeness (QED) is 0.721. The number of hydrogen-bond acceptors (Lipinski definition) is 3. The van der Waals surface area contributed by atoms with Crippen LogP contribution in [0, 0.1) is 0 Å². The van der Waals surface area contributed by atoms with Gasteiger partial charge in [0, 0.05) is 13.2 Å². The van der Waals surface area contributed by atoms with Crippen molar-refractivity contribution in [1.82, 2.24) is 0 Å². The van der Waals surface area contributed by atoms with Crippen molar-refractivity contribution in [2.75, 3.05) is 13.2 Å². The van der Waals surface area contributed by atoms with Gasteiger partial charge in [0.1, 0.15) is 0 Å². The fourth-order valence-corrected chi connectivity index (χ4v) is 2.27. The van der Waals surface area contributed by atoms with Crippen LogP contribution in [0.1, 0.15) is 32.3 Å². The Hall–Kier alpha value is -1.68. The predicted octanol–water partition coefficient (Wildman–Crippen LogP) is 3.95. The van der Waals surface area contributed by atoms with Crippen molar-refractivity contribution in [2.45, 2.75) is 38.6 Å². The fourth-order valence-electron chi connectivity index (χ4n) is 2.27. The molecule has 2 aromatic carbocycles. The van der Waals surface area contributed by atoms with E-state index >= 15 is 0 Å². The molecular weight excluding hydrogens is 288 g/mol. The molecule has 1 unspecified atom stereocenters. The summed E-state index contributed by atoms with van der Waals surface area (Å²) in [5.41, 5.74) is 1.53. The first-order valence-corrected chi connectivity index (χ1v) is 7.98. The molecule has 124 valence electrons. The van der Waals surface area contributed by atoms with E-state index in [1.807, 2.05) is 67.6 Å². The topological polar surface area (TPSA) is 38.7 Å². The van der Waals surface area contributed by atoms with E-state index < -0.39 is 12.2 Å². The van der Waals surface area contributed by atoms with Crippen LogP contribution in [0.2, 0.25) is 0 Å². The van der Waals surface area contributed by atoms with Crippen molar-refractivity contribution in [1.29, 1.82) is 0 Å². The van der Waals surface area contributed by atoms with Crippen LogP contribution in [0.15, 0.2) is 60.7 Å². The number of hydrogen-bond donors (Lipinski definition) is 1. The summed E-state index contributed by atoms with van der Waals surface area (Å²) >= 11 is 0. The van der Waals surface area contributed by atoms with Crippen LogP contribution >= 0.6 is 0 Å². The van der Waals surface area contributed by atoms with Crippen LogP contribution in [-0.4, -0.2) is 23.9 Å². The molecule has 3 nitrogen and oxygen atoms in total. The first-order valence-electron chi connectivity index (χ1n) is 8.55. The minimum Gasteiger partial charge on any atom is -0.396 e. The van der Waals surface area contributed by atoms with E-state index in [1.165, 1.54) is 0 Å². The van der Waals surface area contributed by atoms with Crippen molar-refractivity contribution in [2.24, 2.45) is 0 Å². The molecule has 0 saturated heterocycles. The number of ether oxygens (including phenoxy) is 2. The molecule has 0 aliphatic carbocycles. The molecule has 2 atom stereocenters. The summed E-state index contributed by atoms with van der Waals surface area (Å²) in [5.74, 6) is 0. The second-order valence-corrected chi connectivity index (χ2v) is 5.87. The number of rotatable bonds is 10. The van der Waals surface area contributed by atoms with E-state index in [0.717, 1.165) is 11.1 Å². The van der Waals surface area contributed by atoms with E-state index in [9.17, 15) is 5.11 Å². The van der Waals surface area contributed by atoms with E-state index in [1.54, 1.807) is 0 Å². The lowest BCUT2D eigenvalue weighted by atomic mass is 9.98. The number of aliphatic hydroxyl groups is 1. The van der Waals surface area contributed by atoms with Crippen LogP contribution in [0.5, 0.6) is 0 Å². The Morgan fingerprint density at radius 3 is 2.04 bits per heavy atom. The lowest BCUT2D eigenvalue weighted by Crippen LogP contribution is -2.31. The van der Waals surface area contributed by atoms with Crippen molar-refractivity contribution in [3.63, 3.8) is 0 Å². The SMILES string of the molecule is [2H]C(C[C@](C)(CCO)OCc1ccccc1)OCc1ccccc1. The highest BCUT2D eigenvalue weighted by atomic mass is 16.5. The molecule has 23 heavy (non-hydrogen) atoms. The highest BCUT2D eigenvalue weighted by molar-refractivity contribution is 5.14. The van der Waals surface area contributed by atoms with Crippen molar-refractivity contribution < 1.29 is 16.0 Å². The molecule has 1 N–H and O–H groups in total. The maximum Gasteiger partial charge on any atom is 0.0724 e. The van der Waals surface area contributed by atoms with E-state index in [2.05, 4.69) is 0 Å². The summed E-state index contributed by atoms with van der Waals surface area (Å²) in [6, 6.07) is 19.7. The molecule has 0 spiro atoms. The average Bonchev–Trinajstić information content (AvgIpc) is 2.60. The molecule has 0 radical (unpaired) electrons. The molecule has 0 aliphatic heterocycles. The maximum absolute atomic E-state index is 9.34. The lowest BCUT2D eigenvalue weighted by molar-refractivity contribution is -0.0767. The predicted molar refractivity (Wildman–Crippen MR) is 92.1 cm³/mol. The molecule has 3 heteroatoms. The summed E-state index contributed by atoms with van der Waals surface area (Å²) in [5, 5.41) is 9.34. The molecule has 2 rings (SSSR count). The Labute approximate surface area is 140 Å². The van der Waals surface area contributed by atoms with Gasteiger partial charge in [-0.3, -0.25) is 0 Å². The van der Waals surface area contributed by atoms with Gasteiger partial charge in [-0.25, -0.2) is 0 Å². The van der Waals surface area contributed by atoms with Crippen LogP contribution in [-0.2, 0) is 22.7 Å². The Morgan fingerprint density at radius 2 is 1.48 bits per heavy atom. The number of benzene rings is 2. The van der Waals surface area contributed by atoms with Gasteiger partial charge in [0.2, 0.25) is 0 Å². The third-order valence-corrected chi connectivity index (χ3v) is 3.80. The summed E-state index contributed by atoms with van der Waals surface area (Å²) in [4.78, 5) is 0. The third-order valence-electron chi connectivity index (χ3n) is 3.80. The van der Waals surface area contributed by atoms with Gasteiger partial charge in [0.05, 0.1) is 20.2 Å². The minimum absolute atomic E-state index is 0.0245. The Balaban J connectivity index is 1.86. The first kappa shape index (κ1) is 16.2. The van der Waals surface area contributed by atoms with Crippen LogP contribution in [0.25, 0.3) is 0 Å². The average molecular weight is 315 g/mol. The first-order chi connectivity index (χ1) is 11.6. The Morgan fingerprint density at radius 1 is 0.913 bits per heavy atom. The largest absolute Gasteiger partial charge is 0.396 e. The minimum atomic E-state index is -0.697. The normalized spacial score (nSPS) is 15.7. The summed E-state index contributed by atoms with van der Waals surface area (Å²) < 4.78 is 19.8. The fraction of sp³-hybridized carbons (Fsp3) is 0.400. The monoisotopic (exact) mass is 315 g/mol. The second kappa shape index (κ2) is 9.46. The molecule has 0 aromatic heterocycles. The van der Waals surface area contributed by atoms with Crippen LogP contribution in [0.3, 0.4) is 0 Å².